The standard InChI is InChI=1S/C42H25BN2S2/c1-3-13-26(14-4-1)44(27-15-5-2-6-16-27)28-23-34-41-38(24-28)47-36-22-12-9-19-31(36)43(41)32-25-37-39(30-18-8-11-21-35(30)46-37)40-29-17-7-10-20-33(29)45(34)42(32)40/h1-25H. The van der Waals surface area contributed by atoms with Gasteiger partial charge in [-0.3, -0.25) is 0 Å². The lowest BCUT2D eigenvalue weighted by Gasteiger charge is -2.35. The number of nitrogens with zero attached hydrogens (tertiary/aromatic N) is 2. The van der Waals surface area contributed by atoms with Crippen LogP contribution in [-0.2, 0) is 0 Å². The van der Waals surface area contributed by atoms with E-state index in [-0.39, 0.29) is 6.71 Å². The molecule has 47 heavy (non-hydrogen) atoms. The lowest BCUT2D eigenvalue weighted by molar-refractivity contribution is 1.16. The highest BCUT2D eigenvalue weighted by atomic mass is 32.2. The van der Waals surface area contributed by atoms with Crippen molar-refractivity contribution in [3.05, 3.63) is 152 Å². The Bertz CT molecular complexity index is 2690. The van der Waals surface area contributed by atoms with Gasteiger partial charge in [-0.25, -0.2) is 0 Å². The van der Waals surface area contributed by atoms with Gasteiger partial charge in [0.1, 0.15) is 0 Å². The van der Waals surface area contributed by atoms with Gasteiger partial charge in [0.05, 0.1) is 11.0 Å². The van der Waals surface area contributed by atoms with Crippen molar-refractivity contribution in [1.29, 1.82) is 0 Å². The molecular weight excluding hydrogens is 607 g/mol. The summed E-state index contributed by atoms with van der Waals surface area (Å²) in [7, 11) is 0. The first-order chi connectivity index (χ1) is 23.3. The van der Waals surface area contributed by atoms with Crippen molar-refractivity contribution >= 4 is 105 Å². The van der Waals surface area contributed by atoms with Crippen molar-refractivity contribution < 1.29 is 0 Å². The van der Waals surface area contributed by atoms with Gasteiger partial charge < -0.3 is 9.47 Å². The molecule has 0 atom stereocenters. The molecule has 0 saturated heterocycles. The number of rotatable bonds is 3. The van der Waals surface area contributed by atoms with Gasteiger partial charge in [0, 0.05) is 63.5 Å². The van der Waals surface area contributed by atoms with Crippen molar-refractivity contribution in [2.75, 3.05) is 4.90 Å². The molecule has 2 aliphatic heterocycles. The summed E-state index contributed by atoms with van der Waals surface area (Å²) in [6.45, 7) is 0.155. The van der Waals surface area contributed by atoms with E-state index in [1.807, 2.05) is 23.1 Å². The van der Waals surface area contributed by atoms with Crippen LogP contribution in [0.25, 0.3) is 47.7 Å². The number of benzene rings is 7. The Morgan fingerprint density at radius 3 is 2.00 bits per heavy atom. The van der Waals surface area contributed by atoms with Crippen molar-refractivity contribution in [3.8, 4) is 5.69 Å². The second kappa shape index (κ2) is 9.65. The van der Waals surface area contributed by atoms with E-state index in [0.29, 0.717) is 0 Å². The fourth-order valence-corrected chi connectivity index (χ4v) is 10.5. The molecule has 9 aromatic rings. The maximum Gasteiger partial charge on any atom is 0.249 e. The Hall–Kier alpha value is -5.23. The number of anilines is 3. The van der Waals surface area contributed by atoms with E-state index in [4.69, 9.17) is 0 Å². The monoisotopic (exact) mass is 632 g/mol. The first kappa shape index (κ1) is 25.9. The molecule has 11 rings (SSSR count). The second-order valence-electron chi connectivity index (χ2n) is 12.5. The van der Waals surface area contributed by atoms with Crippen LogP contribution in [0, 0.1) is 0 Å². The molecule has 0 saturated carbocycles. The molecule has 2 aliphatic rings. The third-order valence-electron chi connectivity index (χ3n) is 9.99. The Kier molecular flexibility index (Phi) is 5.32. The molecule has 0 unspecified atom stereocenters. The minimum atomic E-state index is 0.155. The van der Waals surface area contributed by atoms with Crippen LogP contribution in [0.3, 0.4) is 0 Å². The van der Waals surface area contributed by atoms with E-state index < -0.39 is 0 Å². The minimum absolute atomic E-state index is 0.155. The zero-order chi connectivity index (χ0) is 30.6. The summed E-state index contributed by atoms with van der Waals surface area (Å²) in [5.41, 5.74) is 11.6. The fourth-order valence-electron chi connectivity index (χ4n) is 8.17. The molecule has 2 nitrogen and oxygen atoms in total. The number of fused-ring (bicyclic) bond motifs is 11. The van der Waals surface area contributed by atoms with E-state index in [0.717, 1.165) is 11.4 Å². The average molecular weight is 633 g/mol. The Morgan fingerprint density at radius 1 is 0.511 bits per heavy atom. The van der Waals surface area contributed by atoms with Crippen LogP contribution in [0.5, 0.6) is 0 Å². The third kappa shape index (κ3) is 3.53. The molecule has 0 amide bonds. The number of thiophene rings is 1. The van der Waals surface area contributed by atoms with E-state index in [2.05, 4.69) is 161 Å². The van der Waals surface area contributed by atoms with Crippen LogP contribution >= 0.6 is 23.1 Å². The van der Waals surface area contributed by atoms with Crippen molar-refractivity contribution in [3.63, 3.8) is 0 Å². The zero-order valence-corrected chi connectivity index (χ0v) is 26.9. The second-order valence-corrected chi connectivity index (χ2v) is 14.6. The zero-order valence-electron chi connectivity index (χ0n) is 25.2. The predicted molar refractivity (Wildman–Crippen MR) is 204 cm³/mol. The van der Waals surface area contributed by atoms with Crippen molar-refractivity contribution in [1.82, 2.24) is 4.57 Å². The van der Waals surface area contributed by atoms with Crippen molar-refractivity contribution in [2.24, 2.45) is 0 Å². The van der Waals surface area contributed by atoms with Crippen molar-refractivity contribution in [2.45, 2.75) is 9.79 Å². The van der Waals surface area contributed by atoms with Gasteiger partial charge in [-0.15, -0.1) is 11.3 Å². The highest BCUT2D eigenvalue weighted by molar-refractivity contribution is 8.00. The summed E-state index contributed by atoms with van der Waals surface area (Å²) < 4.78 is 5.31. The van der Waals surface area contributed by atoms with Gasteiger partial charge in [0.2, 0.25) is 6.71 Å². The summed E-state index contributed by atoms with van der Waals surface area (Å²) in [6.07, 6.45) is 0. The maximum absolute atomic E-state index is 2.59. The van der Waals surface area contributed by atoms with E-state index >= 15 is 0 Å². The van der Waals surface area contributed by atoms with Crippen LogP contribution in [-0.4, -0.2) is 11.3 Å². The van der Waals surface area contributed by atoms with Gasteiger partial charge in [-0.1, -0.05) is 108 Å². The van der Waals surface area contributed by atoms with Gasteiger partial charge in [0.15, 0.2) is 0 Å². The molecule has 0 fully saturated rings. The Balaban J connectivity index is 1.32. The smallest absolute Gasteiger partial charge is 0.249 e. The molecule has 4 heterocycles. The van der Waals surface area contributed by atoms with E-state index in [1.165, 1.54) is 79.5 Å². The third-order valence-corrected chi connectivity index (χ3v) is 12.3. The van der Waals surface area contributed by atoms with Crippen LogP contribution in [0.4, 0.5) is 17.1 Å². The lowest BCUT2D eigenvalue weighted by atomic mass is 9.35. The van der Waals surface area contributed by atoms with Gasteiger partial charge in [-0.05, 0) is 71.6 Å². The number of aromatic nitrogens is 1. The molecular formula is C42H25BN2S2. The summed E-state index contributed by atoms with van der Waals surface area (Å²) >= 11 is 3.84. The molecule has 0 N–H and O–H groups in total. The van der Waals surface area contributed by atoms with Crippen LogP contribution in [0.15, 0.2) is 161 Å². The van der Waals surface area contributed by atoms with Gasteiger partial charge >= 0.3 is 0 Å². The molecule has 218 valence electrons. The molecule has 2 aromatic heterocycles. The summed E-state index contributed by atoms with van der Waals surface area (Å²) in [5, 5.41) is 5.43. The first-order valence-corrected chi connectivity index (χ1v) is 17.7. The first-order valence-electron chi connectivity index (χ1n) is 16.1. The Labute approximate surface area is 280 Å². The SMILES string of the molecule is c1ccc(N(c2ccccc2)c2cc3c4c(c2)-n2c5ccccc5c5c6c(cc(c52)B4c2ccccc2S3)sc2ccccc26)cc1. The van der Waals surface area contributed by atoms with Gasteiger partial charge in [0.25, 0.3) is 0 Å². The molecule has 0 radical (unpaired) electrons. The fraction of sp³-hybridized carbons (Fsp3) is 0. The normalized spacial score (nSPS) is 13.0. The molecule has 0 bridgehead atoms. The summed E-state index contributed by atoms with van der Waals surface area (Å²) in [6, 6.07) is 56.0. The minimum Gasteiger partial charge on any atom is -0.310 e. The van der Waals surface area contributed by atoms with Crippen LogP contribution < -0.4 is 21.3 Å². The number of hydrogen-bond donors (Lipinski definition) is 0. The molecule has 0 spiro atoms. The highest BCUT2D eigenvalue weighted by Gasteiger charge is 2.40. The average Bonchev–Trinajstić information content (AvgIpc) is 3.67. The summed E-state index contributed by atoms with van der Waals surface area (Å²) in [5.74, 6) is 0. The predicted octanol–water partition coefficient (Wildman–Crippen LogP) is 9.92. The number of hydrogen-bond acceptors (Lipinski definition) is 3. The molecule has 7 aromatic carbocycles. The maximum atomic E-state index is 2.59. The largest absolute Gasteiger partial charge is 0.310 e. The lowest BCUT2D eigenvalue weighted by Crippen LogP contribution is -2.58. The quantitative estimate of drug-likeness (QED) is 0.179. The molecule has 5 heteroatoms. The molecule has 0 aliphatic carbocycles. The van der Waals surface area contributed by atoms with Crippen LogP contribution in [0.1, 0.15) is 0 Å². The Morgan fingerprint density at radius 2 is 1.19 bits per heavy atom. The topological polar surface area (TPSA) is 8.17 Å². The number of para-hydroxylation sites is 3. The van der Waals surface area contributed by atoms with Gasteiger partial charge in [-0.2, -0.15) is 0 Å². The van der Waals surface area contributed by atoms with E-state index in [9.17, 15) is 0 Å². The van der Waals surface area contributed by atoms with E-state index in [1.54, 1.807) is 0 Å². The highest BCUT2D eigenvalue weighted by Crippen LogP contribution is 2.47. The van der Waals surface area contributed by atoms with Crippen LogP contribution in [0.2, 0.25) is 0 Å². The summed E-state index contributed by atoms with van der Waals surface area (Å²) in [4.78, 5) is 5.07.